The van der Waals surface area contributed by atoms with Gasteiger partial charge in [-0.25, -0.2) is 4.98 Å². The molecule has 7 nitrogen and oxygen atoms in total. The average molecular weight is 482 g/mol. The van der Waals surface area contributed by atoms with E-state index < -0.39 is 11.7 Å². The Morgan fingerprint density at radius 1 is 1.21 bits per heavy atom. The summed E-state index contributed by atoms with van der Waals surface area (Å²) in [6.45, 7) is 3.98. The Morgan fingerprint density at radius 3 is 2.58 bits per heavy atom. The molecule has 1 unspecified atom stereocenters. The summed E-state index contributed by atoms with van der Waals surface area (Å²) in [6, 6.07) is 7.79. The molecule has 3 heterocycles. The number of nitrogens with zero attached hydrogens (tertiary/aromatic N) is 4. The minimum Gasteiger partial charge on any atom is -0.353 e. The summed E-state index contributed by atoms with van der Waals surface area (Å²) in [6.07, 6.45) is -3.52. The highest BCUT2D eigenvalue weighted by Gasteiger charge is 2.33. The molecule has 1 aromatic carbocycles. The lowest BCUT2D eigenvalue weighted by molar-refractivity contribution is -0.137. The number of halogens is 4. The molecule has 11 heteroatoms. The third-order valence-corrected chi connectivity index (χ3v) is 6.09. The van der Waals surface area contributed by atoms with Crippen LogP contribution >= 0.6 is 11.6 Å². The number of nitrogens with one attached hydrogen (secondary N) is 1. The first kappa shape index (κ1) is 23.3. The van der Waals surface area contributed by atoms with Crippen LogP contribution in [0.4, 0.5) is 30.4 Å². The SMILES string of the molecule is CC1CC(=O)Nc2ccccc2N1C(=O)CN1CCN(c2ncc(C(F)(F)F)cc2Cl)CC1. The largest absolute Gasteiger partial charge is 0.417 e. The van der Waals surface area contributed by atoms with Crippen molar-refractivity contribution in [2.75, 3.05) is 47.8 Å². The predicted octanol–water partition coefficient (Wildman–Crippen LogP) is 3.64. The minimum absolute atomic E-state index is 0.0542. The number of hydrogen-bond acceptors (Lipinski definition) is 5. The Bertz CT molecular complexity index is 1060. The van der Waals surface area contributed by atoms with Crippen LogP contribution in [0.25, 0.3) is 0 Å². The maximum absolute atomic E-state index is 13.2. The van der Waals surface area contributed by atoms with Crippen LogP contribution in [-0.4, -0.2) is 60.5 Å². The second-order valence-corrected chi connectivity index (χ2v) is 8.58. The lowest BCUT2D eigenvalue weighted by Gasteiger charge is -2.37. The van der Waals surface area contributed by atoms with Gasteiger partial charge in [0.2, 0.25) is 11.8 Å². The van der Waals surface area contributed by atoms with E-state index in [4.69, 9.17) is 11.6 Å². The van der Waals surface area contributed by atoms with E-state index in [1.807, 2.05) is 28.9 Å². The molecule has 2 aromatic rings. The first-order valence-corrected chi connectivity index (χ1v) is 10.9. The van der Waals surface area contributed by atoms with Crippen molar-refractivity contribution >= 4 is 40.6 Å². The molecule has 0 radical (unpaired) electrons. The van der Waals surface area contributed by atoms with E-state index >= 15 is 0 Å². The van der Waals surface area contributed by atoms with Gasteiger partial charge in [0, 0.05) is 44.8 Å². The second kappa shape index (κ2) is 9.18. The van der Waals surface area contributed by atoms with Gasteiger partial charge in [-0.1, -0.05) is 23.7 Å². The molecule has 2 aliphatic heterocycles. The summed E-state index contributed by atoms with van der Waals surface area (Å²) >= 11 is 6.07. The zero-order valence-electron chi connectivity index (χ0n) is 17.9. The maximum atomic E-state index is 13.2. The van der Waals surface area contributed by atoms with Gasteiger partial charge >= 0.3 is 6.18 Å². The number of hydrogen-bond donors (Lipinski definition) is 1. The van der Waals surface area contributed by atoms with Gasteiger partial charge in [0.25, 0.3) is 0 Å². The highest BCUT2D eigenvalue weighted by atomic mass is 35.5. The molecule has 2 amide bonds. The molecule has 0 saturated carbocycles. The van der Waals surface area contributed by atoms with Gasteiger partial charge in [-0.15, -0.1) is 0 Å². The maximum Gasteiger partial charge on any atom is 0.417 e. The topological polar surface area (TPSA) is 68.8 Å². The molecule has 1 atom stereocenters. The van der Waals surface area contributed by atoms with Crippen molar-refractivity contribution in [3.8, 4) is 0 Å². The third-order valence-electron chi connectivity index (χ3n) is 5.81. The van der Waals surface area contributed by atoms with Gasteiger partial charge in [-0.05, 0) is 25.1 Å². The molecule has 33 heavy (non-hydrogen) atoms. The Morgan fingerprint density at radius 2 is 1.91 bits per heavy atom. The fourth-order valence-corrected chi connectivity index (χ4v) is 4.46. The smallest absolute Gasteiger partial charge is 0.353 e. The number of carbonyl (C=O) groups is 2. The van der Waals surface area contributed by atoms with Crippen LogP contribution < -0.4 is 15.1 Å². The van der Waals surface area contributed by atoms with Gasteiger partial charge in [0.05, 0.1) is 28.5 Å². The normalized spacial score (nSPS) is 19.7. The van der Waals surface area contributed by atoms with Crippen molar-refractivity contribution in [3.05, 3.63) is 47.1 Å². The summed E-state index contributed by atoms with van der Waals surface area (Å²) in [7, 11) is 0. The summed E-state index contributed by atoms with van der Waals surface area (Å²) in [5.74, 6) is 0.0423. The van der Waals surface area contributed by atoms with Crippen molar-refractivity contribution in [1.82, 2.24) is 9.88 Å². The summed E-state index contributed by atoms with van der Waals surface area (Å²) in [5.41, 5.74) is 0.383. The molecule has 1 aromatic heterocycles. The number of aromatic nitrogens is 1. The highest BCUT2D eigenvalue weighted by Crippen LogP contribution is 2.34. The highest BCUT2D eigenvalue weighted by molar-refractivity contribution is 6.33. The van der Waals surface area contributed by atoms with Crippen molar-refractivity contribution in [1.29, 1.82) is 0 Å². The molecule has 1 fully saturated rings. The molecule has 1 N–H and O–H groups in total. The number of pyridine rings is 1. The molecule has 0 spiro atoms. The van der Waals surface area contributed by atoms with Crippen LogP contribution in [0.15, 0.2) is 36.5 Å². The number of piperazine rings is 1. The minimum atomic E-state index is -4.50. The summed E-state index contributed by atoms with van der Waals surface area (Å²) in [4.78, 5) is 34.7. The van der Waals surface area contributed by atoms with Crippen LogP contribution in [0.2, 0.25) is 5.02 Å². The zero-order valence-corrected chi connectivity index (χ0v) is 18.7. The quantitative estimate of drug-likeness (QED) is 0.725. The van der Waals surface area contributed by atoms with Gasteiger partial charge in [-0.2, -0.15) is 13.2 Å². The Hall–Kier alpha value is -2.85. The molecular weight excluding hydrogens is 459 g/mol. The number of anilines is 3. The number of carbonyl (C=O) groups excluding carboxylic acids is 2. The van der Waals surface area contributed by atoms with Gasteiger partial charge in [0.1, 0.15) is 5.82 Å². The lowest BCUT2D eigenvalue weighted by Crippen LogP contribution is -2.51. The molecular formula is C22H23ClF3N5O2. The van der Waals surface area contributed by atoms with Crippen molar-refractivity contribution in [2.24, 2.45) is 0 Å². The Kier molecular flexibility index (Phi) is 6.49. The predicted molar refractivity (Wildman–Crippen MR) is 120 cm³/mol. The number of para-hydroxylation sites is 2. The molecule has 4 rings (SSSR count). The third kappa shape index (κ3) is 5.06. The average Bonchev–Trinajstić information content (AvgIpc) is 2.87. The van der Waals surface area contributed by atoms with Gasteiger partial charge in [0.15, 0.2) is 0 Å². The number of fused-ring (bicyclic) bond motifs is 1. The Labute approximate surface area is 194 Å². The number of benzene rings is 1. The van der Waals surface area contributed by atoms with E-state index in [1.54, 1.807) is 17.0 Å². The molecule has 0 aliphatic carbocycles. The van der Waals surface area contributed by atoms with Gasteiger partial charge in [-0.3, -0.25) is 14.5 Å². The first-order chi connectivity index (χ1) is 15.6. The fraction of sp³-hybridized carbons (Fsp3) is 0.409. The van der Waals surface area contributed by atoms with Crippen LogP contribution in [0.3, 0.4) is 0 Å². The van der Waals surface area contributed by atoms with E-state index in [-0.39, 0.29) is 35.8 Å². The molecule has 2 aliphatic rings. The zero-order chi connectivity index (χ0) is 23.8. The summed E-state index contributed by atoms with van der Waals surface area (Å²) in [5, 5.41) is 2.79. The fourth-order valence-electron chi connectivity index (χ4n) is 4.17. The molecule has 176 valence electrons. The second-order valence-electron chi connectivity index (χ2n) is 8.17. The monoisotopic (exact) mass is 481 g/mol. The van der Waals surface area contributed by atoms with Crippen molar-refractivity contribution in [3.63, 3.8) is 0 Å². The number of alkyl halides is 3. The van der Waals surface area contributed by atoms with Gasteiger partial charge < -0.3 is 15.1 Å². The number of rotatable bonds is 3. The van der Waals surface area contributed by atoms with Crippen LogP contribution in [0.1, 0.15) is 18.9 Å². The molecule has 0 bridgehead atoms. The summed E-state index contributed by atoms with van der Waals surface area (Å²) < 4.78 is 38.6. The van der Waals surface area contributed by atoms with E-state index in [0.29, 0.717) is 43.4 Å². The van der Waals surface area contributed by atoms with E-state index in [1.165, 1.54) is 0 Å². The van der Waals surface area contributed by atoms with E-state index in [9.17, 15) is 22.8 Å². The first-order valence-electron chi connectivity index (χ1n) is 10.5. The van der Waals surface area contributed by atoms with E-state index in [0.717, 1.165) is 12.3 Å². The molecule has 1 saturated heterocycles. The van der Waals surface area contributed by atoms with Crippen LogP contribution in [-0.2, 0) is 15.8 Å². The van der Waals surface area contributed by atoms with E-state index in [2.05, 4.69) is 10.3 Å². The Balaban J connectivity index is 1.41. The lowest BCUT2D eigenvalue weighted by atomic mass is 10.1. The van der Waals surface area contributed by atoms with Crippen molar-refractivity contribution in [2.45, 2.75) is 25.6 Å². The standard InChI is InChI=1S/C22H23ClF3N5O2/c1-14-10-19(32)28-17-4-2-3-5-18(17)31(14)20(33)13-29-6-8-30(9-7-29)21-16(23)11-15(12-27-21)22(24,25)26/h2-5,11-12,14H,6-10,13H2,1H3,(H,28,32). The number of amides is 2. The van der Waals surface area contributed by atoms with Crippen LogP contribution in [0.5, 0.6) is 0 Å². The van der Waals surface area contributed by atoms with Crippen molar-refractivity contribution < 1.29 is 22.8 Å². The van der Waals surface area contributed by atoms with Crippen LogP contribution in [0, 0.1) is 0 Å².